The quantitative estimate of drug-likeness (QED) is 0.824. The maximum Gasteiger partial charge on any atom is 0.289 e. The Hall–Kier alpha value is -2.36. The Morgan fingerprint density at radius 3 is 2.87 bits per heavy atom. The van der Waals surface area contributed by atoms with E-state index in [1.54, 1.807) is 6.07 Å². The third kappa shape index (κ3) is 4.55. The summed E-state index contributed by atoms with van der Waals surface area (Å²) in [4.78, 5) is 12.1. The molecule has 1 aromatic carbocycles. The third-order valence-corrected chi connectivity index (χ3v) is 4.13. The molecule has 4 nitrogen and oxygen atoms in total. The molecule has 120 valence electrons. The van der Waals surface area contributed by atoms with Crippen LogP contribution in [0.2, 0.25) is 0 Å². The van der Waals surface area contributed by atoms with E-state index in [0.717, 1.165) is 17.7 Å². The van der Waals surface area contributed by atoms with Gasteiger partial charge < -0.3 is 9.84 Å². The first kappa shape index (κ1) is 15.5. The van der Waals surface area contributed by atoms with Crippen LogP contribution < -0.4 is 5.32 Å². The number of aromatic nitrogens is 1. The average Bonchev–Trinajstić information content (AvgIpc) is 3.05. The van der Waals surface area contributed by atoms with Gasteiger partial charge in [-0.3, -0.25) is 4.79 Å². The summed E-state index contributed by atoms with van der Waals surface area (Å²) in [7, 11) is 0. The monoisotopic (exact) mass is 310 g/mol. The second-order valence-electron chi connectivity index (χ2n) is 5.96. The van der Waals surface area contributed by atoms with Crippen molar-refractivity contribution < 1.29 is 9.32 Å². The standard InChI is InChI=1S/C19H22N2O2/c22-19(20-12-11-15-7-3-1-4-8-15)18-14-17(21-23-18)13-16-9-5-2-6-10-16/h2,5-7,9-10,14H,1,3-4,8,11-13H2,(H,20,22). The predicted octanol–water partition coefficient (Wildman–Crippen LogP) is 3.89. The van der Waals surface area contributed by atoms with Crippen molar-refractivity contribution in [2.45, 2.75) is 38.5 Å². The van der Waals surface area contributed by atoms with Gasteiger partial charge in [0.15, 0.2) is 0 Å². The second kappa shape index (κ2) is 7.77. The van der Waals surface area contributed by atoms with Crippen LogP contribution in [-0.2, 0) is 6.42 Å². The van der Waals surface area contributed by atoms with Crippen molar-refractivity contribution in [3.8, 4) is 0 Å². The summed E-state index contributed by atoms with van der Waals surface area (Å²) in [5.74, 6) is 0.0989. The van der Waals surface area contributed by atoms with E-state index in [4.69, 9.17) is 4.52 Å². The molecule has 4 heteroatoms. The molecule has 23 heavy (non-hydrogen) atoms. The van der Waals surface area contributed by atoms with E-state index < -0.39 is 0 Å². The summed E-state index contributed by atoms with van der Waals surface area (Å²) in [5.41, 5.74) is 3.38. The number of nitrogens with zero attached hydrogens (tertiary/aromatic N) is 1. The maximum absolute atomic E-state index is 12.1. The van der Waals surface area contributed by atoms with Gasteiger partial charge in [0.25, 0.3) is 5.91 Å². The van der Waals surface area contributed by atoms with Crippen molar-refractivity contribution in [2.75, 3.05) is 6.54 Å². The Bertz CT molecular complexity index is 674. The number of allylic oxidation sites excluding steroid dienone is 1. The van der Waals surface area contributed by atoms with E-state index in [-0.39, 0.29) is 11.7 Å². The van der Waals surface area contributed by atoms with Gasteiger partial charge in [0.05, 0.1) is 5.69 Å². The van der Waals surface area contributed by atoms with E-state index >= 15 is 0 Å². The number of amides is 1. The van der Waals surface area contributed by atoms with Crippen LogP contribution in [0, 0.1) is 0 Å². The molecule has 1 N–H and O–H groups in total. The predicted molar refractivity (Wildman–Crippen MR) is 89.3 cm³/mol. The van der Waals surface area contributed by atoms with Crippen LogP contribution in [0.25, 0.3) is 0 Å². The lowest BCUT2D eigenvalue weighted by Crippen LogP contribution is -2.24. The maximum atomic E-state index is 12.1. The highest BCUT2D eigenvalue weighted by molar-refractivity contribution is 5.91. The van der Waals surface area contributed by atoms with Crippen LogP contribution in [-0.4, -0.2) is 17.6 Å². The molecule has 0 atom stereocenters. The Morgan fingerprint density at radius 1 is 1.22 bits per heavy atom. The van der Waals surface area contributed by atoms with Gasteiger partial charge in [-0.05, 0) is 37.7 Å². The molecule has 1 aliphatic carbocycles. The summed E-state index contributed by atoms with van der Waals surface area (Å²) in [6, 6.07) is 11.7. The first-order valence-electron chi connectivity index (χ1n) is 8.27. The van der Waals surface area contributed by atoms with Crippen molar-refractivity contribution in [3.63, 3.8) is 0 Å². The molecule has 1 heterocycles. The third-order valence-electron chi connectivity index (χ3n) is 4.13. The van der Waals surface area contributed by atoms with Crippen molar-refractivity contribution in [1.29, 1.82) is 0 Å². The Kier molecular flexibility index (Phi) is 5.25. The molecule has 0 spiro atoms. The lowest BCUT2D eigenvalue weighted by atomic mass is 9.97. The van der Waals surface area contributed by atoms with Crippen LogP contribution in [0.15, 0.2) is 52.6 Å². The van der Waals surface area contributed by atoms with Gasteiger partial charge in [0.2, 0.25) is 5.76 Å². The first-order chi connectivity index (χ1) is 11.3. The van der Waals surface area contributed by atoms with Gasteiger partial charge >= 0.3 is 0 Å². The summed E-state index contributed by atoms with van der Waals surface area (Å²) >= 11 is 0. The average molecular weight is 310 g/mol. The summed E-state index contributed by atoms with van der Waals surface area (Å²) < 4.78 is 5.16. The van der Waals surface area contributed by atoms with Crippen LogP contribution in [0.5, 0.6) is 0 Å². The minimum atomic E-state index is -0.187. The van der Waals surface area contributed by atoms with E-state index in [2.05, 4.69) is 16.5 Å². The van der Waals surface area contributed by atoms with Crippen molar-refractivity contribution >= 4 is 5.91 Å². The highest BCUT2D eigenvalue weighted by Crippen LogP contribution is 2.19. The lowest BCUT2D eigenvalue weighted by molar-refractivity contribution is 0.0917. The van der Waals surface area contributed by atoms with E-state index in [1.807, 2.05) is 30.3 Å². The van der Waals surface area contributed by atoms with Gasteiger partial charge in [0.1, 0.15) is 0 Å². The summed E-state index contributed by atoms with van der Waals surface area (Å²) in [6.45, 7) is 0.652. The smallest absolute Gasteiger partial charge is 0.289 e. The zero-order valence-corrected chi connectivity index (χ0v) is 13.3. The van der Waals surface area contributed by atoms with Crippen LogP contribution >= 0.6 is 0 Å². The normalized spacial score (nSPS) is 14.3. The number of carbonyl (C=O) groups is 1. The molecule has 0 unspecified atom stereocenters. The molecule has 0 radical (unpaired) electrons. The second-order valence-corrected chi connectivity index (χ2v) is 5.96. The fourth-order valence-corrected chi connectivity index (χ4v) is 2.86. The molecule has 0 saturated heterocycles. The number of hydrogen-bond acceptors (Lipinski definition) is 3. The Balaban J connectivity index is 1.49. The summed E-state index contributed by atoms with van der Waals surface area (Å²) in [6.07, 6.45) is 8.81. The Morgan fingerprint density at radius 2 is 2.09 bits per heavy atom. The zero-order chi connectivity index (χ0) is 15.9. The Labute approximate surface area is 136 Å². The molecule has 2 aromatic rings. The first-order valence-corrected chi connectivity index (χ1v) is 8.27. The molecule has 1 amide bonds. The molecule has 0 saturated carbocycles. The molecular formula is C19H22N2O2. The van der Waals surface area contributed by atoms with Gasteiger partial charge in [-0.2, -0.15) is 0 Å². The van der Waals surface area contributed by atoms with Crippen LogP contribution in [0.4, 0.5) is 0 Å². The van der Waals surface area contributed by atoms with Gasteiger partial charge in [0, 0.05) is 19.0 Å². The lowest BCUT2D eigenvalue weighted by Gasteiger charge is -2.12. The minimum Gasteiger partial charge on any atom is -0.351 e. The van der Waals surface area contributed by atoms with Crippen molar-refractivity contribution in [3.05, 3.63) is 65.1 Å². The van der Waals surface area contributed by atoms with Gasteiger partial charge in [-0.25, -0.2) is 0 Å². The molecule has 0 fully saturated rings. The fraction of sp³-hybridized carbons (Fsp3) is 0.368. The number of carbonyl (C=O) groups excluding carboxylic acids is 1. The zero-order valence-electron chi connectivity index (χ0n) is 13.3. The largest absolute Gasteiger partial charge is 0.351 e. The molecule has 3 rings (SSSR count). The van der Waals surface area contributed by atoms with Gasteiger partial charge in [-0.1, -0.05) is 47.1 Å². The number of hydrogen-bond donors (Lipinski definition) is 1. The van der Waals surface area contributed by atoms with Crippen LogP contribution in [0.3, 0.4) is 0 Å². The number of rotatable bonds is 6. The molecular weight excluding hydrogens is 288 g/mol. The van der Waals surface area contributed by atoms with Crippen molar-refractivity contribution in [2.24, 2.45) is 0 Å². The topological polar surface area (TPSA) is 55.1 Å². The molecule has 0 aliphatic heterocycles. The molecule has 0 bridgehead atoms. The number of benzene rings is 1. The van der Waals surface area contributed by atoms with Crippen LogP contribution in [0.1, 0.15) is 53.9 Å². The summed E-state index contributed by atoms with van der Waals surface area (Å²) in [5, 5.41) is 6.89. The number of nitrogens with one attached hydrogen (secondary N) is 1. The van der Waals surface area contributed by atoms with E-state index in [1.165, 1.54) is 31.3 Å². The molecule has 1 aliphatic rings. The highest BCUT2D eigenvalue weighted by atomic mass is 16.5. The fourth-order valence-electron chi connectivity index (χ4n) is 2.86. The minimum absolute atomic E-state index is 0.187. The molecule has 1 aromatic heterocycles. The van der Waals surface area contributed by atoms with E-state index in [0.29, 0.717) is 13.0 Å². The van der Waals surface area contributed by atoms with E-state index in [9.17, 15) is 4.79 Å². The highest BCUT2D eigenvalue weighted by Gasteiger charge is 2.13. The van der Waals surface area contributed by atoms with Crippen molar-refractivity contribution in [1.82, 2.24) is 10.5 Å². The van der Waals surface area contributed by atoms with Gasteiger partial charge in [-0.15, -0.1) is 0 Å². The SMILES string of the molecule is O=C(NCCC1=CCCCC1)c1cc(Cc2ccccc2)no1.